The van der Waals surface area contributed by atoms with Crippen molar-refractivity contribution in [3.05, 3.63) is 99.3 Å². The molecule has 0 spiro atoms. The molecule has 2 aromatic heterocycles. The molecule has 172 valence electrons. The van der Waals surface area contributed by atoms with E-state index in [9.17, 15) is 14.4 Å². The van der Waals surface area contributed by atoms with Crippen LogP contribution in [-0.4, -0.2) is 28.8 Å². The number of methoxy groups -OCH3 is 1. The highest BCUT2D eigenvalue weighted by molar-refractivity contribution is 6.15. The molecule has 0 saturated carbocycles. The third kappa shape index (κ3) is 3.47. The Labute approximate surface area is 198 Å². The van der Waals surface area contributed by atoms with E-state index in [2.05, 4.69) is 9.97 Å². The molecule has 1 atom stereocenters. The van der Waals surface area contributed by atoms with Gasteiger partial charge in [0.15, 0.2) is 5.76 Å². The number of Topliss-reactive ketones (excluding diaryl/α,β-unsaturated/α-hetero) is 1. The molecule has 8 heteroatoms. The van der Waals surface area contributed by atoms with Crippen LogP contribution >= 0.6 is 0 Å². The van der Waals surface area contributed by atoms with Gasteiger partial charge in [-0.2, -0.15) is 0 Å². The Morgan fingerprint density at radius 3 is 2.77 bits per heavy atom. The highest BCUT2D eigenvalue weighted by Crippen LogP contribution is 2.48. The molecule has 0 bridgehead atoms. The number of hydrogen-bond donors (Lipinski definition) is 1. The Bertz CT molecular complexity index is 1620. The summed E-state index contributed by atoms with van der Waals surface area (Å²) in [5.74, 6) is -0.0818. The first-order valence-corrected chi connectivity index (χ1v) is 10.9. The fourth-order valence-electron chi connectivity index (χ4n) is 4.57. The van der Waals surface area contributed by atoms with E-state index in [1.807, 2.05) is 12.1 Å². The highest BCUT2D eigenvalue weighted by atomic mass is 16.5. The number of benzene rings is 2. The van der Waals surface area contributed by atoms with Crippen molar-refractivity contribution in [1.82, 2.24) is 9.97 Å². The Morgan fingerprint density at radius 1 is 1.09 bits per heavy atom. The van der Waals surface area contributed by atoms with Crippen molar-refractivity contribution in [3.63, 3.8) is 0 Å². The summed E-state index contributed by atoms with van der Waals surface area (Å²) in [4.78, 5) is 45.6. The largest absolute Gasteiger partial charge is 0.497 e. The van der Waals surface area contributed by atoms with Gasteiger partial charge in [-0.25, -0.2) is 0 Å². The van der Waals surface area contributed by atoms with E-state index in [1.165, 1.54) is 0 Å². The molecule has 8 nitrogen and oxygen atoms in total. The molecule has 0 saturated heterocycles. The average Bonchev–Trinajstić information content (AvgIpc) is 3.18. The number of nitrogens with one attached hydrogen (secondary N) is 1. The Balaban J connectivity index is 1.50. The zero-order valence-electron chi connectivity index (χ0n) is 18.5. The van der Waals surface area contributed by atoms with E-state index in [-0.39, 0.29) is 29.3 Å². The van der Waals surface area contributed by atoms with Crippen LogP contribution in [0.3, 0.4) is 0 Å². The predicted molar refractivity (Wildman–Crippen MR) is 127 cm³/mol. The van der Waals surface area contributed by atoms with Crippen LogP contribution in [0.1, 0.15) is 39.4 Å². The molecule has 2 aliphatic rings. The quantitative estimate of drug-likeness (QED) is 0.276. The van der Waals surface area contributed by atoms with Crippen LogP contribution in [0.2, 0.25) is 0 Å². The van der Waals surface area contributed by atoms with E-state index in [4.69, 9.17) is 14.2 Å². The molecule has 1 N–H and O–H groups in total. The number of fused-ring (bicyclic) bond motifs is 4. The third-order valence-corrected chi connectivity index (χ3v) is 6.22. The molecule has 4 heterocycles. The Morgan fingerprint density at radius 2 is 1.97 bits per heavy atom. The number of rotatable bonds is 3. The summed E-state index contributed by atoms with van der Waals surface area (Å²) in [6, 6.07) is 13.8. The van der Waals surface area contributed by atoms with Crippen molar-refractivity contribution in [2.75, 3.05) is 7.11 Å². The molecule has 4 aromatic rings. The van der Waals surface area contributed by atoms with Gasteiger partial charge in [0.25, 0.3) is 5.56 Å². The summed E-state index contributed by atoms with van der Waals surface area (Å²) in [5, 5.41) is 0.780. The zero-order valence-corrected chi connectivity index (χ0v) is 18.5. The van der Waals surface area contributed by atoms with E-state index >= 15 is 0 Å². The number of pyridine rings is 2. The summed E-state index contributed by atoms with van der Waals surface area (Å²) >= 11 is 0. The van der Waals surface area contributed by atoms with E-state index in [0.29, 0.717) is 39.3 Å². The number of esters is 1. The molecular formula is C27H18N2O6. The van der Waals surface area contributed by atoms with Gasteiger partial charge in [0.2, 0.25) is 5.78 Å². The Hall–Kier alpha value is -4.72. The zero-order chi connectivity index (χ0) is 24.1. The molecule has 0 unspecified atom stereocenters. The second-order valence-corrected chi connectivity index (χ2v) is 8.32. The lowest BCUT2D eigenvalue weighted by molar-refractivity contribution is -0.135. The first kappa shape index (κ1) is 20.9. The smallest absolute Gasteiger partial charge is 0.312 e. The van der Waals surface area contributed by atoms with Gasteiger partial charge in [-0.3, -0.25) is 19.4 Å². The summed E-state index contributed by atoms with van der Waals surface area (Å²) < 4.78 is 16.7. The molecule has 6 rings (SSSR count). The third-order valence-electron chi connectivity index (χ3n) is 6.22. The number of aromatic nitrogens is 2. The maximum atomic E-state index is 13.1. The summed E-state index contributed by atoms with van der Waals surface area (Å²) in [5.41, 5.74) is 2.22. The number of ether oxygens (including phenoxy) is 3. The number of carbonyl (C=O) groups is 2. The van der Waals surface area contributed by atoms with E-state index < -0.39 is 11.9 Å². The second kappa shape index (κ2) is 7.95. The minimum absolute atomic E-state index is 0.0621. The van der Waals surface area contributed by atoms with Crippen LogP contribution in [0.25, 0.3) is 17.0 Å². The standard InChI is InChI=1S/C27H18N2O6/c1-33-16-5-4-15-10-19(27(32)29-20(15)11-16)18-12-23(30)34-21-7-6-17-25(31)22(35-26(17)24(18)21)9-14-3-2-8-28-13-14/h2-11,13,18H,12H2,1H3,(H,29,32)/b22-9-/t18-/m0/s1. The fraction of sp³-hybridized carbons (Fsp3) is 0.111. The van der Waals surface area contributed by atoms with Crippen LogP contribution in [-0.2, 0) is 4.79 Å². The second-order valence-electron chi connectivity index (χ2n) is 8.32. The van der Waals surface area contributed by atoms with Crippen molar-refractivity contribution in [1.29, 1.82) is 0 Å². The predicted octanol–water partition coefficient (Wildman–Crippen LogP) is 3.99. The first-order chi connectivity index (χ1) is 17.0. The molecule has 0 amide bonds. The molecule has 0 fully saturated rings. The maximum absolute atomic E-state index is 13.1. The summed E-state index contributed by atoms with van der Waals surface area (Å²) in [7, 11) is 1.55. The van der Waals surface area contributed by atoms with Crippen molar-refractivity contribution < 1.29 is 23.8 Å². The minimum Gasteiger partial charge on any atom is -0.497 e. The normalized spacial score (nSPS) is 17.6. The van der Waals surface area contributed by atoms with E-state index in [0.717, 1.165) is 5.39 Å². The number of nitrogens with zero attached hydrogens (tertiary/aromatic N) is 1. The van der Waals surface area contributed by atoms with Crippen molar-refractivity contribution in [3.8, 4) is 17.2 Å². The summed E-state index contributed by atoms with van der Waals surface area (Å²) in [6.07, 6.45) is 4.81. The maximum Gasteiger partial charge on any atom is 0.312 e. The van der Waals surface area contributed by atoms with Crippen molar-refractivity contribution in [2.24, 2.45) is 0 Å². The van der Waals surface area contributed by atoms with Crippen molar-refractivity contribution in [2.45, 2.75) is 12.3 Å². The van der Waals surface area contributed by atoms with Crippen LogP contribution in [0.15, 0.2) is 71.5 Å². The molecule has 2 aromatic carbocycles. The minimum atomic E-state index is -0.651. The topological polar surface area (TPSA) is 108 Å². The lowest BCUT2D eigenvalue weighted by Gasteiger charge is -2.26. The van der Waals surface area contributed by atoms with Crippen LogP contribution < -0.4 is 19.8 Å². The van der Waals surface area contributed by atoms with Gasteiger partial charge in [0, 0.05) is 35.5 Å². The number of carbonyl (C=O) groups excluding carboxylic acids is 2. The number of hydrogen-bond acceptors (Lipinski definition) is 7. The van der Waals surface area contributed by atoms with Gasteiger partial charge in [-0.15, -0.1) is 0 Å². The van der Waals surface area contributed by atoms with Gasteiger partial charge in [-0.05, 0) is 53.4 Å². The molecule has 0 aliphatic carbocycles. The van der Waals surface area contributed by atoms with Gasteiger partial charge in [0.1, 0.15) is 17.2 Å². The Kier molecular flexibility index (Phi) is 4.74. The number of allylic oxidation sites excluding steroid dienone is 1. The van der Waals surface area contributed by atoms with Crippen LogP contribution in [0.5, 0.6) is 17.2 Å². The number of H-pyrrole nitrogens is 1. The SMILES string of the molecule is COc1ccc2cc([C@@H]3CC(=O)Oc4ccc5c(c43)O/C(=C\c3cccnc3)C5=O)c(=O)[nH]c2c1. The monoisotopic (exact) mass is 466 g/mol. The fourth-order valence-corrected chi connectivity index (χ4v) is 4.57. The van der Waals surface area contributed by atoms with Crippen molar-refractivity contribution >= 4 is 28.7 Å². The molecular weight excluding hydrogens is 448 g/mol. The number of ketones is 1. The van der Waals surface area contributed by atoms with Crippen LogP contribution in [0, 0.1) is 0 Å². The molecule has 0 radical (unpaired) electrons. The van der Waals surface area contributed by atoms with Gasteiger partial charge in [-0.1, -0.05) is 6.07 Å². The molecule has 35 heavy (non-hydrogen) atoms. The van der Waals surface area contributed by atoms with Gasteiger partial charge in [0.05, 0.1) is 24.6 Å². The van der Waals surface area contributed by atoms with E-state index in [1.54, 1.807) is 62.0 Å². The lowest BCUT2D eigenvalue weighted by Crippen LogP contribution is -2.26. The van der Waals surface area contributed by atoms with Crippen LogP contribution in [0.4, 0.5) is 0 Å². The number of aromatic amines is 1. The average molecular weight is 466 g/mol. The summed E-state index contributed by atoms with van der Waals surface area (Å²) in [6.45, 7) is 0. The lowest BCUT2D eigenvalue weighted by atomic mass is 9.85. The van der Waals surface area contributed by atoms with Gasteiger partial charge >= 0.3 is 5.97 Å². The molecule has 2 aliphatic heterocycles. The van der Waals surface area contributed by atoms with Gasteiger partial charge < -0.3 is 19.2 Å². The first-order valence-electron chi connectivity index (χ1n) is 10.9. The highest BCUT2D eigenvalue weighted by Gasteiger charge is 2.39.